The van der Waals surface area contributed by atoms with Crippen LogP contribution in [0, 0.1) is 0 Å². The number of rotatable bonds is 6. The highest BCUT2D eigenvalue weighted by Crippen LogP contribution is 2.33. The standard InChI is InChI=1S/C14H19BrN4OS/c1-4-7-16-9(2)11-6-5-10(15)8-12(11)21-14-18-17-13(20)19(14)3/h5-6,8-9,16H,4,7H2,1-3H3,(H,17,20). The van der Waals surface area contributed by atoms with Gasteiger partial charge in [-0.1, -0.05) is 28.9 Å². The Hall–Kier alpha value is -1.05. The lowest BCUT2D eigenvalue weighted by Gasteiger charge is -2.17. The van der Waals surface area contributed by atoms with Crippen molar-refractivity contribution in [3.05, 3.63) is 38.7 Å². The number of hydrogen-bond acceptors (Lipinski definition) is 4. The lowest BCUT2D eigenvalue weighted by atomic mass is 10.1. The molecule has 1 aromatic heterocycles. The Kier molecular flexibility index (Phi) is 5.66. The van der Waals surface area contributed by atoms with Gasteiger partial charge < -0.3 is 5.32 Å². The van der Waals surface area contributed by atoms with E-state index in [0.29, 0.717) is 5.16 Å². The summed E-state index contributed by atoms with van der Waals surface area (Å²) in [5.41, 5.74) is 0.998. The van der Waals surface area contributed by atoms with Crippen molar-refractivity contribution >= 4 is 27.7 Å². The molecule has 0 radical (unpaired) electrons. The first-order valence-electron chi connectivity index (χ1n) is 6.85. The summed E-state index contributed by atoms with van der Waals surface area (Å²) < 4.78 is 2.52. The monoisotopic (exact) mass is 370 g/mol. The number of benzene rings is 1. The molecule has 0 saturated carbocycles. The maximum absolute atomic E-state index is 11.5. The molecule has 0 amide bonds. The molecule has 0 spiro atoms. The van der Waals surface area contributed by atoms with Crippen LogP contribution in [-0.4, -0.2) is 21.3 Å². The topological polar surface area (TPSA) is 62.7 Å². The first kappa shape index (κ1) is 16.3. The smallest absolute Gasteiger partial charge is 0.310 e. The van der Waals surface area contributed by atoms with Crippen LogP contribution in [0.4, 0.5) is 0 Å². The van der Waals surface area contributed by atoms with E-state index in [0.717, 1.165) is 22.3 Å². The van der Waals surface area contributed by atoms with Crippen LogP contribution in [0.1, 0.15) is 31.9 Å². The molecular weight excluding hydrogens is 352 g/mol. The fraction of sp³-hybridized carbons (Fsp3) is 0.429. The van der Waals surface area contributed by atoms with Crippen molar-refractivity contribution in [3.8, 4) is 0 Å². The third kappa shape index (κ3) is 3.99. The van der Waals surface area contributed by atoms with Crippen LogP contribution >= 0.6 is 27.7 Å². The molecule has 1 unspecified atom stereocenters. The number of H-pyrrole nitrogens is 1. The van der Waals surface area contributed by atoms with Gasteiger partial charge in [0.15, 0.2) is 5.16 Å². The summed E-state index contributed by atoms with van der Waals surface area (Å²) in [5, 5.41) is 10.7. The van der Waals surface area contributed by atoms with E-state index in [1.807, 2.05) is 6.07 Å². The van der Waals surface area contributed by atoms with Crippen molar-refractivity contribution in [2.24, 2.45) is 7.05 Å². The Morgan fingerprint density at radius 2 is 2.29 bits per heavy atom. The fourth-order valence-corrected chi connectivity index (χ4v) is 3.52. The summed E-state index contributed by atoms with van der Waals surface area (Å²) >= 11 is 4.99. The molecule has 1 atom stereocenters. The molecule has 0 aliphatic carbocycles. The van der Waals surface area contributed by atoms with E-state index < -0.39 is 0 Å². The second kappa shape index (κ2) is 7.29. The fourth-order valence-electron chi connectivity index (χ4n) is 1.95. The molecule has 1 aromatic carbocycles. The molecule has 21 heavy (non-hydrogen) atoms. The number of hydrogen-bond donors (Lipinski definition) is 2. The molecule has 0 bridgehead atoms. The van der Waals surface area contributed by atoms with Crippen molar-refractivity contribution in [1.29, 1.82) is 0 Å². The van der Waals surface area contributed by atoms with Crippen LogP contribution in [0.2, 0.25) is 0 Å². The number of aromatic nitrogens is 3. The van der Waals surface area contributed by atoms with Crippen LogP contribution in [0.5, 0.6) is 0 Å². The summed E-state index contributed by atoms with van der Waals surface area (Å²) in [6, 6.07) is 6.44. The maximum atomic E-state index is 11.5. The summed E-state index contributed by atoms with van der Waals surface area (Å²) in [5.74, 6) is 0. The van der Waals surface area contributed by atoms with E-state index in [4.69, 9.17) is 0 Å². The van der Waals surface area contributed by atoms with Crippen molar-refractivity contribution in [1.82, 2.24) is 20.1 Å². The van der Waals surface area contributed by atoms with E-state index >= 15 is 0 Å². The molecule has 2 rings (SSSR count). The first-order chi connectivity index (χ1) is 10.0. The number of aromatic amines is 1. The van der Waals surface area contributed by atoms with Crippen LogP contribution in [0.25, 0.3) is 0 Å². The molecule has 0 aliphatic heterocycles. The lowest BCUT2D eigenvalue weighted by molar-refractivity contribution is 0.563. The third-order valence-electron chi connectivity index (χ3n) is 3.18. The van der Waals surface area contributed by atoms with Gasteiger partial charge in [0.25, 0.3) is 0 Å². The Bertz CT molecular complexity index is 667. The van der Waals surface area contributed by atoms with Crippen molar-refractivity contribution in [2.45, 2.75) is 36.4 Å². The van der Waals surface area contributed by atoms with Gasteiger partial charge in [0.05, 0.1) is 0 Å². The molecule has 0 saturated heterocycles. The Balaban J connectivity index is 2.31. The van der Waals surface area contributed by atoms with Crippen LogP contribution in [-0.2, 0) is 7.05 Å². The predicted octanol–water partition coefficient (Wildman–Crippen LogP) is 3.08. The van der Waals surface area contributed by atoms with E-state index in [2.05, 4.69) is 57.4 Å². The van der Waals surface area contributed by atoms with Crippen molar-refractivity contribution < 1.29 is 0 Å². The van der Waals surface area contributed by atoms with Crippen LogP contribution in [0.3, 0.4) is 0 Å². The van der Waals surface area contributed by atoms with E-state index in [-0.39, 0.29) is 11.7 Å². The molecule has 0 aliphatic rings. The molecule has 114 valence electrons. The summed E-state index contributed by atoms with van der Waals surface area (Å²) in [7, 11) is 1.71. The number of halogens is 1. The molecular formula is C14H19BrN4OS. The van der Waals surface area contributed by atoms with Gasteiger partial charge >= 0.3 is 5.69 Å². The second-order valence-corrected chi connectivity index (χ2v) is 6.76. The third-order valence-corrected chi connectivity index (χ3v) is 4.80. The zero-order chi connectivity index (χ0) is 15.4. The molecule has 2 aromatic rings. The van der Waals surface area contributed by atoms with Gasteiger partial charge in [-0.25, -0.2) is 9.89 Å². The summed E-state index contributed by atoms with van der Waals surface area (Å²) in [6.45, 7) is 5.27. The number of nitrogens with one attached hydrogen (secondary N) is 2. The zero-order valence-electron chi connectivity index (χ0n) is 12.3. The normalized spacial score (nSPS) is 12.6. The van der Waals surface area contributed by atoms with Gasteiger partial charge in [-0.2, -0.15) is 0 Å². The molecule has 0 fully saturated rings. The maximum Gasteiger partial charge on any atom is 0.343 e. The molecule has 2 N–H and O–H groups in total. The van der Waals surface area contributed by atoms with Gasteiger partial charge in [-0.3, -0.25) is 4.57 Å². The number of nitrogens with zero attached hydrogens (tertiary/aromatic N) is 2. The summed E-state index contributed by atoms with van der Waals surface area (Å²) in [4.78, 5) is 12.6. The Morgan fingerprint density at radius 1 is 1.52 bits per heavy atom. The highest BCUT2D eigenvalue weighted by molar-refractivity contribution is 9.10. The Morgan fingerprint density at radius 3 is 2.90 bits per heavy atom. The van der Waals surface area contributed by atoms with Crippen molar-refractivity contribution in [3.63, 3.8) is 0 Å². The van der Waals surface area contributed by atoms with Gasteiger partial charge in [0.1, 0.15) is 0 Å². The van der Waals surface area contributed by atoms with Gasteiger partial charge in [0.2, 0.25) is 0 Å². The lowest BCUT2D eigenvalue weighted by Crippen LogP contribution is -2.20. The van der Waals surface area contributed by atoms with E-state index in [1.165, 1.54) is 21.9 Å². The van der Waals surface area contributed by atoms with Crippen LogP contribution < -0.4 is 11.0 Å². The Labute approximate surface area is 136 Å². The molecule has 1 heterocycles. The minimum absolute atomic E-state index is 0.203. The average molecular weight is 371 g/mol. The highest BCUT2D eigenvalue weighted by atomic mass is 79.9. The largest absolute Gasteiger partial charge is 0.343 e. The quantitative estimate of drug-likeness (QED) is 0.819. The van der Waals surface area contributed by atoms with Crippen LogP contribution in [0.15, 0.2) is 37.5 Å². The minimum atomic E-state index is -0.203. The van der Waals surface area contributed by atoms with E-state index in [9.17, 15) is 4.79 Å². The molecule has 7 heteroatoms. The van der Waals surface area contributed by atoms with Gasteiger partial charge in [-0.05, 0) is 49.3 Å². The van der Waals surface area contributed by atoms with Gasteiger partial charge in [0, 0.05) is 22.5 Å². The SMILES string of the molecule is CCCNC(C)c1ccc(Br)cc1Sc1n[nH]c(=O)n1C. The predicted molar refractivity (Wildman–Crippen MR) is 88.8 cm³/mol. The highest BCUT2D eigenvalue weighted by Gasteiger charge is 2.14. The van der Waals surface area contributed by atoms with Gasteiger partial charge in [-0.15, -0.1) is 5.10 Å². The second-order valence-electron chi connectivity index (χ2n) is 4.83. The molecule has 5 nitrogen and oxygen atoms in total. The van der Waals surface area contributed by atoms with E-state index in [1.54, 1.807) is 7.05 Å². The first-order valence-corrected chi connectivity index (χ1v) is 8.46. The minimum Gasteiger partial charge on any atom is -0.310 e. The summed E-state index contributed by atoms with van der Waals surface area (Å²) in [6.07, 6.45) is 1.09. The zero-order valence-corrected chi connectivity index (χ0v) is 14.7. The van der Waals surface area contributed by atoms with Crippen molar-refractivity contribution in [2.75, 3.05) is 6.54 Å². The average Bonchev–Trinajstić information content (AvgIpc) is 2.77.